The molecule has 0 aliphatic carbocycles. The van der Waals surface area contributed by atoms with Crippen LogP contribution in [0.1, 0.15) is 23.5 Å². The van der Waals surface area contributed by atoms with Crippen LogP contribution in [-0.4, -0.2) is 27.3 Å². The van der Waals surface area contributed by atoms with Crippen LogP contribution >= 0.6 is 0 Å². The van der Waals surface area contributed by atoms with Gasteiger partial charge in [0.1, 0.15) is 39.7 Å². The van der Waals surface area contributed by atoms with Crippen LogP contribution in [-0.2, 0) is 4.79 Å². The lowest BCUT2D eigenvalue weighted by molar-refractivity contribution is -0.135. The van der Waals surface area contributed by atoms with Gasteiger partial charge in [-0.15, -0.1) is 0 Å². The first-order valence-electron chi connectivity index (χ1n) is 10.7. The Morgan fingerprint density at radius 1 is 0.853 bits per heavy atom. The maximum absolute atomic E-state index is 13.3. The van der Waals surface area contributed by atoms with Crippen molar-refractivity contribution in [2.24, 2.45) is 0 Å². The van der Waals surface area contributed by atoms with Crippen molar-refractivity contribution in [3.05, 3.63) is 82.0 Å². The van der Waals surface area contributed by atoms with Crippen LogP contribution in [0.4, 0.5) is 0 Å². The largest absolute Gasteiger partial charge is 0.497 e. The molecule has 1 atom stereocenters. The first-order chi connectivity index (χ1) is 16.5. The van der Waals surface area contributed by atoms with E-state index in [1.165, 1.54) is 13.2 Å². The average Bonchev–Trinajstić information content (AvgIpc) is 2.87. The van der Waals surface area contributed by atoms with Gasteiger partial charge in [-0.2, -0.15) is 0 Å². The smallest absolute Gasteiger partial charge is 0.312 e. The third-order valence-electron chi connectivity index (χ3n) is 6.00. The molecule has 0 fully saturated rings. The summed E-state index contributed by atoms with van der Waals surface area (Å²) in [6, 6.07) is 17.8. The van der Waals surface area contributed by atoms with Crippen LogP contribution in [0, 0.1) is 0 Å². The minimum atomic E-state index is -0.473. The van der Waals surface area contributed by atoms with Gasteiger partial charge in [-0.3, -0.25) is 9.59 Å². The third-order valence-corrected chi connectivity index (χ3v) is 6.00. The van der Waals surface area contributed by atoms with Crippen LogP contribution in [0.5, 0.6) is 23.0 Å². The highest BCUT2D eigenvalue weighted by Crippen LogP contribution is 2.48. The van der Waals surface area contributed by atoms with Crippen molar-refractivity contribution in [1.82, 2.24) is 0 Å². The first kappa shape index (κ1) is 21.6. The number of methoxy groups -OCH3 is 3. The molecule has 0 saturated heterocycles. The second kappa shape index (κ2) is 8.59. The van der Waals surface area contributed by atoms with Crippen LogP contribution in [0.15, 0.2) is 69.9 Å². The van der Waals surface area contributed by atoms with Gasteiger partial charge in [-0.1, -0.05) is 36.4 Å². The second-order valence-electron chi connectivity index (χ2n) is 7.87. The Morgan fingerprint density at radius 2 is 1.62 bits per heavy atom. The van der Waals surface area contributed by atoms with E-state index >= 15 is 0 Å². The normalized spacial score (nSPS) is 14.9. The Bertz CT molecular complexity index is 1450. The number of rotatable bonds is 5. The average molecular weight is 458 g/mol. The molecule has 3 aromatic carbocycles. The monoisotopic (exact) mass is 458 g/mol. The number of esters is 1. The van der Waals surface area contributed by atoms with Gasteiger partial charge < -0.3 is 23.4 Å². The van der Waals surface area contributed by atoms with E-state index in [0.29, 0.717) is 28.4 Å². The summed E-state index contributed by atoms with van der Waals surface area (Å²) >= 11 is 0. The number of carbonyl (C=O) groups is 1. The molecule has 7 heteroatoms. The predicted octanol–water partition coefficient (Wildman–Crippen LogP) is 4.93. The summed E-state index contributed by atoms with van der Waals surface area (Å²) in [4.78, 5) is 25.9. The van der Waals surface area contributed by atoms with Crippen LogP contribution in [0.25, 0.3) is 22.3 Å². The molecule has 0 saturated carbocycles. The quantitative estimate of drug-likeness (QED) is 0.310. The minimum absolute atomic E-state index is 0.0520. The highest BCUT2D eigenvalue weighted by Gasteiger charge is 2.35. The van der Waals surface area contributed by atoms with Crippen LogP contribution < -0.4 is 24.4 Å². The molecule has 1 aromatic heterocycles. The predicted molar refractivity (Wildman–Crippen MR) is 126 cm³/mol. The molecule has 2 heterocycles. The van der Waals surface area contributed by atoms with Gasteiger partial charge in [0.05, 0.1) is 27.8 Å². The third kappa shape index (κ3) is 3.55. The molecule has 0 spiro atoms. The van der Waals surface area contributed by atoms with E-state index in [0.717, 1.165) is 11.1 Å². The van der Waals surface area contributed by atoms with Crippen molar-refractivity contribution in [1.29, 1.82) is 0 Å². The van der Waals surface area contributed by atoms with Crippen molar-refractivity contribution < 1.29 is 28.2 Å². The van der Waals surface area contributed by atoms with Gasteiger partial charge in [0, 0.05) is 40.8 Å². The number of carbonyl (C=O) groups excluding carboxylic acids is 1. The van der Waals surface area contributed by atoms with E-state index in [9.17, 15) is 9.59 Å². The summed E-state index contributed by atoms with van der Waals surface area (Å²) in [6.07, 6.45) is 0.0520. The highest BCUT2D eigenvalue weighted by molar-refractivity contribution is 5.93. The fraction of sp³-hybridized carbons (Fsp3) is 0.185. The molecule has 7 nitrogen and oxygen atoms in total. The molecule has 0 unspecified atom stereocenters. The van der Waals surface area contributed by atoms with Crippen molar-refractivity contribution in [3.63, 3.8) is 0 Å². The van der Waals surface area contributed by atoms with Crippen LogP contribution in [0.3, 0.4) is 0 Å². The van der Waals surface area contributed by atoms with E-state index in [1.807, 2.05) is 36.4 Å². The van der Waals surface area contributed by atoms with E-state index in [2.05, 4.69) is 0 Å². The van der Waals surface area contributed by atoms with Gasteiger partial charge in [-0.05, 0) is 6.07 Å². The van der Waals surface area contributed by atoms with Gasteiger partial charge in [0.25, 0.3) is 0 Å². The van der Waals surface area contributed by atoms with E-state index in [1.54, 1.807) is 32.4 Å². The minimum Gasteiger partial charge on any atom is -0.497 e. The lowest BCUT2D eigenvalue weighted by Crippen LogP contribution is -2.22. The maximum Gasteiger partial charge on any atom is 0.312 e. The molecule has 0 amide bonds. The zero-order valence-corrected chi connectivity index (χ0v) is 18.9. The van der Waals surface area contributed by atoms with Crippen molar-refractivity contribution in [2.45, 2.75) is 12.3 Å². The summed E-state index contributed by atoms with van der Waals surface area (Å²) in [5.74, 6) is 1.27. The zero-order chi connectivity index (χ0) is 23.8. The summed E-state index contributed by atoms with van der Waals surface area (Å²) in [5, 5.41) is 0.288. The molecule has 5 rings (SSSR count). The lowest BCUT2D eigenvalue weighted by Gasteiger charge is -2.27. The molecule has 0 radical (unpaired) electrons. The highest BCUT2D eigenvalue weighted by atomic mass is 16.5. The number of fused-ring (bicyclic) bond motifs is 3. The number of hydrogen-bond donors (Lipinski definition) is 0. The summed E-state index contributed by atoms with van der Waals surface area (Å²) in [5.41, 5.74) is 2.16. The van der Waals surface area contributed by atoms with Crippen molar-refractivity contribution in [2.75, 3.05) is 21.3 Å². The maximum atomic E-state index is 13.3. The molecule has 1 aliphatic rings. The molecule has 0 bridgehead atoms. The second-order valence-corrected chi connectivity index (χ2v) is 7.87. The molecule has 172 valence electrons. The number of hydrogen-bond acceptors (Lipinski definition) is 7. The number of ether oxygens (including phenoxy) is 4. The Kier molecular flexibility index (Phi) is 5.45. The van der Waals surface area contributed by atoms with E-state index in [-0.39, 0.29) is 28.7 Å². The van der Waals surface area contributed by atoms with E-state index < -0.39 is 11.9 Å². The Labute approximate surface area is 195 Å². The lowest BCUT2D eigenvalue weighted by atomic mass is 9.84. The Morgan fingerprint density at radius 3 is 2.32 bits per heavy atom. The Balaban J connectivity index is 1.84. The topological polar surface area (TPSA) is 84.2 Å². The first-order valence-corrected chi connectivity index (χ1v) is 10.7. The molecule has 4 aromatic rings. The molecule has 34 heavy (non-hydrogen) atoms. The standard InChI is InChI=1S/C27H22O7/c1-30-16-9-10-17(21(11-16)31-2)18-12-24(29)33-23-14-22(32-3)26-19(28)13-20(34-27(26)25(18)23)15-7-5-4-6-8-15/h4-11,13-14,18H,12H2,1-3H3/t18-/m1/s1. The van der Waals surface area contributed by atoms with Crippen molar-refractivity contribution >= 4 is 16.9 Å². The fourth-order valence-corrected chi connectivity index (χ4v) is 4.42. The van der Waals surface area contributed by atoms with Gasteiger partial charge in [0.2, 0.25) is 0 Å². The Hall–Kier alpha value is -4.26. The molecule has 1 aliphatic heterocycles. The van der Waals surface area contributed by atoms with E-state index in [4.69, 9.17) is 23.4 Å². The number of benzene rings is 3. The summed E-state index contributed by atoms with van der Waals surface area (Å²) in [6.45, 7) is 0. The summed E-state index contributed by atoms with van der Waals surface area (Å²) < 4.78 is 28.3. The molecule has 0 N–H and O–H groups in total. The van der Waals surface area contributed by atoms with Gasteiger partial charge in [0.15, 0.2) is 5.43 Å². The zero-order valence-electron chi connectivity index (χ0n) is 18.9. The molecular formula is C27H22O7. The molecular weight excluding hydrogens is 436 g/mol. The summed E-state index contributed by atoms with van der Waals surface area (Å²) in [7, 11) is 4.59. The van der Waals surface area contributed by atoms with Gasteiger partial charge in [-0.25, -0.2) is 0 Å². The SMILES string of the molecule is COc1ccc([C@H]2CC(=O)Oc3cc(OC)c4c(=O)cc(-c5ccccc5)oc4c32)c(OC)c1. The van der Waals surface area contributed by atoms with Crippen molar-refractivity contribution in [3.8, 4) is 34.3 Å². The van der Waals surface area contributed by atoms with Crippen LogP contribution in [0.2, 0.25) is 0 Å². The van der Waals surface area contributed by atoms with Gasteiger partial charge >= 0.3 is 5.97 Å². The fourth-order valence-electron chi connectivity index (χ4n) is 4.42.